The minimum Gasteiger partial charge on any atom is -0.314 e. The van der Waals surface area contributed by atoms with Crippen molar-refractivity contribution in [2.75, 3.05) is 32.7 Å². The van der Waals surface area contributed by atoms with Crippen LogP contribution in [0.15, 0.2) is 11.1 Å². The van der Waals surface area contributed by atoms with Crippen molar-refractivity contribution in [2.45, 2.75) is 20.4 Å². The second-order valence-electron chi connectivity index (χ2n) is 4.02. The van der Waals surface area contributed by atoms with E-state index in [1.807, 2.05) is 0 Å². The average molecular weight is 241 g/mol. The Labute approximate surface area is 102 Å². The SMILES string of the molecule is CCN(CC)CCNCCn1ncn(C)c1=O. The molecule has 0 aromatic carbocycles. The summed E-state index contributed by atoms with van der Waals surface area (Å²) < 4.78 is 2.96. The summed E-state index contributed by atoms with van der Waals surface area (Å²) >= 11 is 0. The van der Waals surface area contributed by atoms with Crippen molar-refractivity contribution < 1.29 is 0 Å². The molecule has 0 saturated heterocycles. The minimum atomic E-state index is -0.0597. The van der Waals surface area contributed by atoms with E-state index in [1.165, 1.54) is 15.6 Å². The van der Waals surface area contributed by atoms with Crippen molar-refractivity contribution in [2.24, 2.45) is 7.05 Å². The van der Waals surface area contributed by atoms with Crippen LogP contribution in [0.2, 0.25) is 0 Å². The zero-order valence-electron chi connectivity index (χ0n) is 11.0. The molecule has 0 aliphatic rings. The summed E-state index contributed by atoms with van der Waals surface area (Å²) in [5, 5.41) is 7.32. The predicted molar refractivity (Wildman–Crippen MR) is 68.1 cm³/mol. The van der Waals surface area contributed by atoms with Gasteiger partial charge in [-0.05, 0) is 13.1 Å². The lowest BCUT2D eigenvalue weighted by Crippen LogP contribution is -2.34. The van der Waals surface area contributed by atoms with Crippen LogP contribution in [-0.2, 0) is 13.6 Å². The molecular formula is C11H23N5O. The van der Waals surface area contributed by atoms with Crippen molar-refractivity contribution in [3.8, 4) is 0 Å². The first-order valence-electron chi connectivity index (χ1n) is 6.20. The van der Waals surface area contributed by atoms with E-state index in [2.05, 4.69) is 29.2 Å². The first kappa shape index (κ1) is 13.9. The molecule has 1 heterocycles. The maximum atomic E-state index is 11.5. The molecule has 0 fully saturated rings. The van der Waals surface area contributed by atoms with Crippen LogP contribution < -0.4 is 11.0 Å². The van der Waals surface area contributed by atoms with Crippen LogP contribution in [0.25, 0.3) is 0 Å². The lowest BCUT2D eigenvalue weighted by molar-refractivity contribution is 0.301. The van der Waals surface area contributed by atoms with Crippen molar-refractivity contribution in [1.82, 2.24) is 24.6 Å². The molecule has 0 unspecified atom stereocenters. The quantitative estimate of drug-likeness (QED) is 0.624. The summed E-state index contributed by atoms with van der Waals surface area (Å²) in [6.07, 6.45) is 1.54. The monoisotopic (exact) mass is 241 g/mol. The second kappa shape index (κ2) is 7.24. The minimum absolute atomic E-state index is 0.0597. The number of rotatable bonds is 8. The maximum absolute atomic E-state index is 11.5. The largest absolute Gasteiger partial charge is 0.345 e. The topological polar surface area (TPSA) is 55.1 Å². The summed E-state index contributed by atoms with van der Waals surface area (Å²) in [6.45, 7) is 9.88. The van der Waals surface area contributed by atoms with E-state index in [0.29, 0.717) is 6.54 Å². The van der Waals surface area contributed by atoms with Crippen molar-refractivity contribution in [3.63, 3.8) is 0 Å². The predicted octanol–water partition coefficient (Wildman–Crippen LogP) is -0.487. The number of aryl methyl sites for hydroxylation is 1. The van der Waals surface area contributed by atoms with Gasteiger partial charge in [0.25, 0.3) is 0 Å². The highest BCUT2D eigenvalue weighted by Crippen LogP contribution is 1.84. The zero-order chi connectivity index (χ0) is 12.7. The van der Waals surface area contributed by atoms with E-state index in [4.69, 9.17) is 0 Å². The summed E-state index contributed by atoms with van der Waals surface area (Å²) in [4.78, 5) is 13.8. The first-order valence-corrected chi connectivity index (χ1v) is 6.20. The third-order valence-corrected chi connectivity index (χ3v) is 2.89. The highest BCUT2D eigenvalue weighted by atomic mass is 16.2. The molecule has 0 aliphatic heterocycles. The van der Waals surface area contributed by atoms with E-state index < -0.39 is 0 Å². The number of nitrogens with zero attached hydrogens (tertiary/aromatic N) is 4. The van der Waals surface area contributed by atoms with Gasteiger partial charge in [-0.3, -0.25) is 4.57 Å². The van der Waals surface area contributed by atoms with Gasteiger partial charge < -0.3 is 10.2 Å². The van der Waals surface area contributed by atoms with Crippen LogP contribution in [-0.4, -0.2) is 52.0 Å². The average Bonchev–Trinajstić information content (AvgIpc) is 2.65. The Morgan fingerprint density at radius 2 is 2.06 bits per heavy atom. The van der Waals surface area contributed by atoms with Crippen LogP contribution in [0.4, 0.5) is 0 Å². The van der Waals surface area contributed by atoms with Gasteiger partial charge in [-0.25, -0.2) is 9.48 Å². The van der Waals surface area contributed by atoms with Crippen LogP contribution in [0, 0.1) is 0 Å². The second-order valence-corrected chi connectivity index (χ2v) is 4.02. The number of aromatic nitrogens is 3. The fourth-order valence-electron chi connectivity index (χ4n) is 1.66. The van der Waals surface area contributed by atoms with Gasteiger partial charge >= 0.3 is 5.69 Å². The Kier molecular flexibility index (Phi) is 5.93. The Bertz CT molecular complexity index is 366. The lowest BCUT2D eigenvalue weighted by atomic mass is 10.4. The molecule has 0 bridgehead atoms. The van der Waals surface area contributed by atoms with Crippen molar-refractivity contribution >= 4 is 0 Å². The van der Waals surface area contributed by atoms with Crippen LogP contribution in [0.3, 0.4) is 0 Å². The first-order chi connectivity index (χ1) is 8.19. The highest BCUT2D eigenvalue weighted by Gasteiger charge is 2.01. The molecule has 0 aliphatic carbocycles. The summed E-state index contributed by atoms with van der Waals surface area (Å²) in [7, 11) is 1.71. The molecule has 0 radical (unpaired) electrons. The third kappa shape index (κ3) is 4.32. The fourth-order valence-corrected chi connectivity index (χ4v) is 1.66. The fraction of sp³-hybridized carbons (Fsp3) is 0.818. The van der Waals surface area contributed by atoms with Crippen LogP contribution >= 0.6 is 0 Å². The molecule has 1 aromatic rings. The number of hydrogen-bond donors (Lipinski definition) is 1. The number of likely N-dealkylation sites (N-methyl/N-ethyl adjacent to an activating group) is 1. The van der Waals surface area contributed by atoms with Crippen LogP contribution in [0.5, 0.6) is 0 Å². The molecule has 0 amide bonds. The van der Waals surface area contributed by atoms with E-state index in [9.17, 15) is 4.79 Å². The highest BCUT2D eigenvalue weighted by molar-refractivity contribution is 4.65. The Balaban J connectivity index is 2.16. The van der Waals surface area contributed by atoms with Gasteiger partial charge in [-0.2, -0.15) is 5.10 Å². The normalized spacial score (nSPS) is 11.3. The van der Waals surface area contributed by atoms with Crippen molar-refractivity contribution in [1.29, 1.82) is 0 Å². The standard InChI is InChI=1S/C11H23N5O/c1-4-15(5-2)8-6-12-7-9-16-11(17)14(3)10-13-16/h10,12H,4-9H2,1-3H3. The number of hydrogen-bond acceptors (Lipinski definition) is 4. The Morgan fingerprint density at radius 1 is 1.35 bits per heavy atom. The van der Waals surface area contributed by atoms with Gasteiger partial charge in [0.2, 0.25) is 0 Å². The molecule has 1 N–H and O–H groups in total. The molecule has 1 rings (SSSR count). The molecule has 6 nitrogen and oxygen atoms in total. The molecule has 0 atom stereocenters. The summed E-state index contributed by atoms with van der Waals surface area (Å²) in [5.41, 5.74) is -0.0597. The van der Waals surface area contributed by atoms with E-state index in [1.54, 1.807) is 7.05 Å². The molecule has 98 valence electrons. The Morgan fingerprint density at radius 3 is 2.59 bits per heavy atom. The van der Waals surface area contributed by atoms with E-state index >= 15 is 0 Å². The summed E-state index contributed by atoms with van der Waals surface area (Å²) in [5.74, 6) is 0. The molecule has 17 heavy (non-hydrogen) atoms. The molecule has 0 spiro atoms. The van der Waals surface area contributed by atoms with E-state index in [0.717, 1.165) is 32.7 Å². The van der Waals surface area contributed by atoms with Gasteiger partial charge in [-0.1, -0.05) is 13.8 Å². The van der Waals surface area contributed by atoms with Gasteiger partial charge in [0.15, 0.2) is 0 Å². The van der Waals surface area contributed by atoms with Gasteiger partial charge in [-0.15, -0.1) is 0 Å². The van der Waals surface area contributed by atoms with Crippen molar-refractivity contribution in [3.05, 3.63) is 16.8 Å². The molecule has 6 heteroatoms. The third-order valence-electron chi connectivity index (χ3n) is 2.89. The number of nitrogens with one attached hydrogen (secondary N) is 1. The smallest absolute Gasteiger partial charge is 0.314 e. The van der Waals surface area contributed by atoms with Crippen LogP contribution in [0.1, 0.15) is 13.8 Å². The molecule has 0 saturated carbocycles. The van der Waals surface area contributed by atoms with Gasteiger partial charge in [0.1, 0.15) is 6.33 Å². The zero-order valence-corrected chi connectivity index (χ0v) is 11.0. The van der Waals surface area contributed by atoms with Gasteiger partial charge in [0, 0.05) is 26.7 Å². The molecule has 1 aromatic heterocycles. The molecular weight excluding hydrogens is 218 g/mol. The van der Waals surface area contributed by atoms with Gasteiger partial charge in [0.05, 0.1) is 6.54 Å². The van der Waals surface area contributed by atoms with E-state index in [-0.39, 0.29) is 5.69 Å². The lowest BCUT2D eigenvalue weighted by Gasteiger charge is -2.17. The summed E-state index contributed by atoms with van der Waals surface area (Å²) in [6, 6.07) is 0. The maximum Gasteiger partial charge on any atom is 0.345 e. The Hall–Kier alpha value is -1.14.